The molecule has 0 aliphatic heterocycles. The second-order valence-corrected chi connectivity index (χ2v) is 18.5. The van der Waals surface area contributed by atoms with Gasteiger partial charge in [-0.1, -0.05) is 239 Å². The van der Waals surface area contributed by atoms with Gasteiger partial charge in [-0.15, -0.1) is 0 Å². The second kappa shape index (κ2) is 56.7. The minimum atomic E-state index is -0.814. The highest BCUT2D eigenvalue weighted by molar-refractivity contribution is 5.71. The highest BCUT2D eigenvalue weighted by Gasteiger charge is 2.19. The van der Waals surface area contributed by atoms with E-state index in [9.17, 15) is 14.4 Å². The molecule has 0 amide bonds. The number of hydrogen-bond donors (Lipinski definition) is 0. The van der Waals surface area contributed by atoms with E-state index < -0.39 is 6.10 Å². The lowest BCUT2D eigenvalue weighted by Crippen LogP contribution is -2.30. The van der Waals surface area contributed by atoms with E-state index in [4.69, 9.17) is 14.2 Å². The van der Waals surface area contributed by atoms with Gasteiger partial charge in [0.1, 0.15) is 13.2 Å². The van der Waals surface area contributed by atoms with E-state index in [1.54, 1.807) is 0 Å². The van der Waals surface area contributed by atoms with Crippen molar-refractivity contribution in [2.24, 2.45) is 0 Å². The Kier molecular flexibility index (Phi) is 53.4. The molecule has 0 saturated carbocycles. The van der Waals surface area contributed by atoms with Crippen LogP contribution in [0.15, 0.2) is 109 Å². The maximum absolute atomic E-state index is 12.8. The van der Waals surface area contributed by atoms with E-state index in [0.717, 1.165) is 89.9 Å². The molecule has 0 heterocycles. The zero-order chi connectivity index (χ0) is 50.0. The number of carbonyl (C=O) groups excluding carboxylic acids is 3. The molecule has 0 rings (SSSR count). The lowest BCUT2D eigenvalue weighted by atomic mass is 10.1. The Morgan fingerprint density at radius 2 is 0.652 bits per heavy atom. The molecule has 0 aromatic carbocycles. The molecule has 392 valence electrons. The highest BCUT2D eigenvalue weighted by atomic mass is 16.6. The summed E-state index contributed by atoms with van der Waals surface area (Å²) in [6.45, 7) is 6.34. The molecule has 0 aromatic rings. The average Bonchev–Trinajstić information content (AvgIpc) is 3.35. The minimum Gasteiger partial charge on any atom is -0.462 e. The Labute approximate surface area is 425 Å². The molecule has 0 spiro atoms. The summed E-state index contributed by atoms with van der Waals surface area (Å²) >= 11 is 0. The van der Waals surface area contributed by atoms with Gasteiger partial charge in [0.05, 0.1) is 0 Å². The number of hydrogen-bond acceptors (Lipinski definition) is 6. The fourth-order valence-electron chi connectivity index (χ4n) is 7.59. The molecule has 0 bridgehead atoms. The zero-order valence-corrected chi connectivity index (χ0v) is 44.8. The van der Waals surface area contributed by atoms with Gasteiger partial charge in [0.25, 0.3) is 0 Å². The largest absolute Gasteiger partial charge is 0.462 e. The van der Waals surface area contributed by atoms with Crippen molar-refractivity contribution in [3.8, 4) is 0 Å². The third-order valence-corrected chi connectivity index (χ3v) is 11.8. The molecular weight excluding hydrogens is 853 g/mol. The van der Waals surface area contributed by atoms with Crippen LogP contribution in [0.5, 0.6) is 0 Å². The molecule has 0 fully saturated rings. The van der Waals surface area contributed by atoms with Crippen molar-refractivity contribution < 1.29 is 28.6 Å². The van der Waals surface area contributed by atoms with Gasteiger partial charge in [0, 0.05) is 19.3 Å². The van der Waals surface area contributed by atoms with E-state index in [0.29, 0.717) is 19.3 Å². The van der Waals surface area contributed by atoms with E-state index in [2.05, 4.69) is 130 Å². The van der Waals surface area contributed by atoms with Gasteiger partial charge in [-0.2, -0.15) is 0 Å². The van der Waals surface area contributed by atoms with Crippen LogP contribution in [0, 0.1) is 0 Å². The van der Waals surface area contributed by atoms with E-state index in [1.807, 2.05) is 0 Å². The number of unbranched alkanes of at least 4 members (excludes halogenated alkanes) is 23. The Morgan fingerprint density at radius 3 is 1.09 bits per heavy atom. The average molecular weight is 958 g/mol. The molecule has 69 heavy (non-hydrogen) atoms. The van der Waals surface area contributed by atoms with Crippen LogP contribution in [0.4, 0.5) is 0 Å². The standard InChI is InChI=1S/C63H104O6/c1-4-7-10-13-16-19-22-25-28-30-31-33-35-38-41-44-47-50-53-56-62(65)68-59-60(58-67-61(64)55-52-49-46-43-40-37-34-27-24-21-18-15-12-9-6-3)69-63(66)57-54-51-48-45-42-39-36-32-29-26-23-20-17-14-11-8-5-2/h7,9-10,12,15-16,18-19,21,24-26,28-29,36,39,45,48,60H,4-6,8,11,13-14,17,20,22-23,27,30-35,37-38,40-44,46-47,49-59H2,1-3H3/b10-7-,12-9-,18-15-,19-16-,24-21-,28-25-,29-26-,39-36-,48-45-. The van der Waals surface area contributed by atoms with Crippen LogP contribution >= 0.6 is 0 Å². The molecule has 0 aliphatic rings. The van der Waals surface area contributed by atoms with Crippen LogP contribution in [-0.4, -0.2) is 37.2 Å². The molecule has 0 saturated heterocycles. The Bertz CT molecular complexity index is 1420. The molecule has 0 radical (unpaired) electrons. The predicted molar refractivity (Wildman–Crippen MR) is 297 cm³/mol. The summed E-state index contributed by atoms with van der Waals surface area (Å²) in [5.41, 5.74) is 0. The number of allylic oxidation sites excluding steroid dienone is 18. The lowest BCUT2D eigenvalue weighted by Gasteiger charge is -2.18. The topological polar surface area (TPSA) is 78.9 Å². The number of carbonyl (C=O) groups is 3. The summed E-state index contributed by atoms with van der Waals surface area (Å²) < 4.78 is 16.8. The summed E-state index contributed by atoms with van der Waals surface area (Å²) in [6.07, 6.45) is 76.5. The molecule has 0 aromatic heterocycles. The van der Waals surface area contributed by atoms with Crippen molar-refractivity contribution in [1.29, 1.82) is 0 Å². The molecule has 0 N–H and O–H groups in total. The van der Waals surface area contributed by atoms with E-state index in [1.165, 1.54) is 116 Å². The molecule has 1 atom stereocenters. The summed E-state index contributed by atoms with van der Waals surface area (Å²) in [4.78, 5) is 38.1. The fraction of sp³-hybridized carbons (Fsp3) is 0.667. The summed E-state index contributed by atoms with van der Waals surface area (Å²) in [5, 5.41) is 0. The summed E-state index contributed by atoms with van der Waals surface area (Å²) in [6, 6.07) is 0. The second-order valence-electron chi connectivity index (χ2n) is 18.5. The van der Waals surface area contributed by atoms with Gasteiger partial charge in [-0.05, 0) is 103 Å². The first-order valence-electron chi connectivity index (χ1n) is 28.4. The van der Waals surface area contributed by atoms with Crippen LogP contribution in [-0.2, 0) is 28.6 Å². The SMILES string of the molecule is CC\C=C/C=C\C=C/CCCCCCCCCC(=O)OCC(COC(=O)CCCCCCCCCCC/C=C\C/C=C\C/C=C\CC)OC(=O)CCC/C=C\C/C=C\C/C=C\CCCCCCCC. The third-order valence-electron chi connectivity index (χ3n) is 11.8. The lowest BCUT2D eigenvalue weighted by molar-refractivity contribution is -0.167. The van der Waals surface area contributed by atoms with Crippen molar-refractivity contribution in [2.75, 3.05) is 13.2 Å². The predicted octanol–water partition coefficient (Wildman–Crippen LogP) is 19.1. The summed E-state index contributed by atoms with van der Waals surface area (Å²) in [5.74, 6) is -0.976. The van der Waals surface area contributed by atoms with Crippen LogP contribution in [0.25, 0.3) is 0 Å². The molecule has 0 aliphatic carbocycles. The van der Waals surface area contributed by atoms with Crippen molar-refractivity contribution in [1.82, 2.24) is 0 Å². The zero-order valence-electron chi connectivity index (χ0n) is 44.8. The maximum atomic E-state index is 12.8. The van der Waals surface area contributed by atoms with Crippen LogP contribution < -0.4 is 0 Å². The van der Waals surface area contributed by atoms with Gasteiger partial charge in [-0.25, -0.2) is 0 Å². The van der Waals surface area contributed by atoms with Gasteiger partial charge in [0.2, 0.25) is 0 Å². The normalized spacial score (nSPS) is 12.9. The van der Waals surface area contributed by atoms with Gasteiger partial charge < -0.3 is 14.2 Å². The quantitative estimate of drug-likeness (QED) is 0.0199. The van der Waals surface area contributed by atoms with Crippen molar-refractivity contribution in [2.45, 2.75) is 258 Å². The number of esters is 3. The smallest absolute Gasteiger partial charge is 0.306 e. The number of rotatable bonds is 50. The summed E-state index contributed by atoms with van der Waals surface area (Å²) in [7, 11) is 0. The molecular formula is C63H104O6. The van der Waals surface area contributed by atoms with Gasteiger partial charge >= 0.3 is 17.9 Å². The monoisotopic (exact) mass is 957 g/mol. The fourth-order valence-corrected chi connectivity index (χ4v) is 7.59. The van der Waals surface area contributed by atoms with E-state index >= 15 is 0 Å². The van der Waals surface area contributed by atoms with Crippen molar-refractivity contribution >= 4 is 17.9 Å². The van der Waals surface area contributed by atoms with Crippen LogP contribution in [0.1, 0.15) is 252 Å². The molecule has 6 heteroatoms. The van der Waals surface area contributed by atoms with Crippen LogP contribution in [0.3, 0.4) is 0 Å². The van der Waals surface area contributed by atoms with Crippen molar-refractivity contribution in [3.63, 3.8) is 0 Å². The van der Waals surface area contributed by atoms with Crippen molar-refractivity contribution in [3.05, 3.63) is 109 Å². The van der Waals surface area contributed by atoms with Crippen LogP contribution in [0.2, 0.25) is 0 Å². The Hall–Kier alpha value is -3.93. The third kappa shape index (κ3) is 54.9. The first-order chi connectivity index (χ1) is 34.0. The number of ether oxygens (including phenoxy) is 3. The Morgan fingerprint density at radius 1 is 0.319 bits per heavy atom. The molecule has 6 nitrogen and oxygen atoms in total. The first-order valence-corrected chi connectivity index (χ1v) is 28.4. The Balaban J connectivity index is 4.48. The maximum Gasteiger partial charge on any atom is 0.306 e. The van der Waals surface area contributed by atoms with Gasteiger partial charge in [-0.3, -0.25) is 14.4 Å². The minimum absolute atomic E-state index is 0.106. The first kappa shape index (κ1) is 65.1. The van der Waals surface area contributed by atoms with E-state index in [-0.39, 0.29) is 37.5 Å². The highest BCUT2D eigenvalue weighted by Crippen LogP contribution is 2.14. The van der Waals surface area contributed by atoms with Gasteiger partial charge in [0.15, 0.2) is 6.10 Å². The molecule has 1 unspecified atom stereocenters.